The molecule has 0 saturated heterocycles. The zero-order valence-corrected chi connectivity index (χ0v) is 19.1. The predicted octanol–water partition coefficient (Wildman–Crippen LogP) is 7.27. The SMILES string of the molecule is C[C@H](C[C@H]1CC[C@@H](c2ccnc3ccc(F)cc32)CC1)Nc1nc(Cl)nc2ccc(F)cc12. The fraction of sp³-hybridized carbons (Fsp3) is 0.346. The van der Waals surface area contributed by atoms with Crippen LogP contribution in [-0.2, 0) is 0 Å². The van der Waals surface area contributed by atoms with Crippen LogP contribution in [0, 0.1) is 17.6 Å². The molecule has 1 saturated carbocycles. The van der Waals surface area contributed by atoms with Crippen molar-refractivity contribution in [2.24, 2.45) is 5.92 Å². The number of hydrogen-bond acceptors (Lipinski definition) is 4. The highest BCUT2D eigenvalue weighted by molar-refractivity contribution is 6.28. The first-order chi connectivity index (χ1) is 16.0. The minimum Gasteiger partial charge on any atom is -0.367 e. The first-order valence-corrected chi connectivity index (χ1v) is 11.8. The molecular weight excluding hydrogens is 442 g/mol. The number of halogens is 3. The molecule has 170 valence electrons. The first-order valence-electron chi connectivity index (χ1n) is 11.4. The van der Waals surface area contributed by atoms with E-state index in [0.29, 0.717) is 28.6 Å². The number of nitrogens with zero attached hydrogens (tertiary/aromatic N) is 3. The molecule has 4 nitrogen and oxygen atoms in total. The lowest BCUT2D eigenvalue weighted by Gasteiger charge is -2.31. The Morgan fingerprint density at radius 3 is 2.39 bits per heavy atom. The summed E-state index contributed by atoms with van der Waals surface area (Å²) in [6.07, 6.45) is 7.16. The maximum Gasteiger partial charge on any atom is 0.224 e. The van der Waals surface area contributed by atoms with Crippen molar-refractivity contribution in [3.05, 3.63) is 71.1 Å². The van der Waals surface area contributed by atoms with Crippen LogP contribution < -0.4 is 5.32 Å². The first kappa shape index (κ1) is 22.0. The zero-order valence-electron chi connectivity index (χ0n) is 18.4. The van der Waals surface area contributed by atoms with Crippen LogP contribution in [0.4, 0.5) is 14.6 Å². The van der Waals surface area contributed by atoms with Crippen LogP contribution in [0.1, 0.15) is 50.5 Å². The minimum absolute atomic E-state index is 0.144. The summed E-state index contributed by atoms with van der Waals surface area (Å²) in [5.41, 5.74) is 2.67. The highest BCUT2D eigenvalue weighted by Gasteiger charge is 2.25. The van der Waals surface area contributed by atoms with Crippen LogP contribution in [0.25, 0.3) is 21.8 Å². The summed E-state index contributed by atoms with van der Waals surface area (Å²) in [5.74, 6) is 1.02. The van der Waals surface area contributed by atoms with Crippen LogP contribution in [0.3, 0.4) is 0 Å². The van der Waals surface area contributed by atoms with Crippen molar-refractivity contribution in [2.75, 3.05) is 5.32 Å². The molecule has 4 aromatic rings. The van der Waals surface area contributed by atoms with Crippen LogP contribution >= 0.6 is 11.6 Å². The summed E-state index contributed by atoms with van der Waals surface area (Å²) in [5, 5.41) is 5.12. The summed E-state index contributed by atoms with van der Waals surface area (Å²) < 4.78 is 27.6. The van der Waals surface area contributed by atoms with Crippen LogP contribution in [0.15, 0.2) is 48.7 Å². The number of anilines is 1. The maximum absolute atomic E-state index is 13.8. The Balaban J connectivity index is 1.25. The number of fused-ring (bicyclic) bond motifs is 2. The van der Waals surface area contributed by atoms with E-state index in [0.717, 1.165) is 43.0 Å². The molecule has 0 unspecified atom stereocenters. The zero-order chi connectivity index (χ0) is 22.9. The van der Waals surface area contributed by atoms with E-state index in [-0.39, 0.29) is 23.0 Å². The normalized spacial score (nSPS) is 19.6. The van der Waals surface area contributed by atoms with Gasteiger partial charge in [0.25, 0.3) is 0 Å². The van der Waals surface area contributed by atoms with Crippen LogP contribution in [0.2, 0.25) is 5.28 Å². The van der Waals surface area contributed by atoms with Gasteiger partial charge in [-0.15, -0.1) is 0 Å². The lowest BCUT2D eigenvalue weighted by Crippen LogP contribution is -2.23. The second-order valence-corrected chi connectivity index (χ2v) is 9.40. The molecule has 1 aliphatic carbocycles. The molecule has 2 aromatic carbocycles. The summed E-state index contributed by atoms with van der Waals surface area (Å²) in [7, 11) is 0. The van der Waals surface area contributed by atoms with Crippen molar-refractivity contribution < 1.29 is 8.78 Å². The lowest BCUT2D eigenvalue weighted by molar-refractivity contribution is 0.302. The van der Waals surface area contributed by atoms with Crippen molar-refractivity contribution in [2.45, 2.75) is 51.0 Å². The molecule has 5 rings (SSSR count). The Bertz CT molecular complexity index is 1300. The number of hydrogen-bond donors (Lipinski definition) is 1. The van der Waals surface area contributed by atoms with E-state index in [9.17, 15) is 8.78 Å². The van der Waals surface area contributed by atoms with Gasteiger partial charge in [-0.3, -0.25) is 4.98 Å². The van der Waals surface area contributed by atoms with Crippen molar-refractivity contribution >= 4 is 39.2 Å². The Labute approximate surface area is 196 Å². The van der Waals surface area contributed by atoms with Crippen molar-refractivity contribution in [3.63, 3.8) is 0 Å². The topological polar surface area (TPSA) is 50.7 Å². The quantitative estimate of drug-likeness (QED) is 0.314. The number of aromatic nitrogens is 3. The highest BCUT2D eigenvalue weighted by Crippen LogP contribution is 2.40. The van der Waals surface area contributed by atoms with Gasteiger partial charge in [0.05, 0.1) is 11.0 Å². The molecule has 0 radical (unpaired) electrons. The van der Waals surface area contributed by atoms with Crippen molar-refractivity contribution in [1.29, 1.82) is 0 Å². The van der Waals surface area contributed by atoms with Gasteiger partial charge in [0.15, 0.2) is 0 Å². The Kier molecular flexibility index (Phi) is 6.11. The third-order valence-electron chi connectivity index (χ3n) is 6.72. The number of pyridine rings is 1. The molecule has 0 amide bonds. The monoisotopic (exact) mass is 466 g/mol. The van der Waals surface area contributed by atoms with Gasteiger partial charge in [0, 0.05) is 23.0 Å². The molecule has 7 heteroatoms. The van der Waals surface area contributed by atoms with E-state index in [2.05, 4.69) is 27.2 Å². The second-order valence-electron chi connectivity index (χ2n) is 9.06. The highest BCUT2D eigenvalue weighted by atomic mass is 35.5. The van der Waals surface area contributed by atoms with Crippen LogP contribution in [-0.4, -0.2) is 21.0 Å². The van der Waals surface area contributed by atoms with Gasteiger partial charge in [-0.1, -0.05) is 0 Å². The predicted molar refractivity (Wildman–Crippen MR) is 129 cm³/mol. The fourth-order valence-electron chi connectivity index (χ4n) is 5.18. The maximum atomic E-state index is 13.8. The molecule has 0 bridgehead atoms. The molecule has 2 heterocycles. The van der Waals surface area contributed by atoms with E-state index in [1.54, 1.807) is 18.2 Å². The molecule has 2 aromatic heterocycles. The standard InChI is InChI=1S/C26H25ClF2N4/c1-15(31-25-22-14-19(29)7-9-24(22)32-26(27)33-25)12-16-2-4-17(5-3-16)20-10-11-30-23-8-6-18(28)13-21(20)23/h6-11,13-17H,2-5,12H2,1H3,(H,31,32,33)/t15-,16-,17+/m1/s1. The second kappa shape index (κ2) is 9.18. The van der Waals surface area contributed by atoms with E-state index < -0.39 is 0 Å². The molecule has 1 atom stereocenters. The fourth-order valence-corrected chi connectivity index (χ4v) is 5.36. The van der Waals surface area contributed by atoms with Crippen molar-refractivity contribution in [1.82, 2.24) is 15.0 Å². The molecular formula is C26H25ClF2N4. The largest absolute Gasteiger partial charge is 0.367 e. The Hall–Kier alpha value is -2.86. The molecule has 33 heavy (non-hydrogen) atoms. The smallest absolute Gasteiger partial charge is 0.224 e. The molecule has 0 aliphatic heterocycles. The van der Waals surface area contributed by atoms with E-state index >= 15 is 0 Å². The average Bonchev–Trinajstić information content (AvgIpc) is 2.79. The Morgan fingerprint density at radius 2 is 1.64 bits per heavy atom. The van der Waals surface area contributed by atoms with Gasteiger partial charge >= 0.3 is 0 Å². The average molecular weight is 467 g/mol. The van der Waals surface area contributed by atoms with E-state index in [1.165, 1.54) is 23.8 Å². The van der Waals surface area contributed by atoms with Gasteiger partial charge in [0.2, 0.25) is 5.28 Å². The third kappa shape index (κ3) is 4.76. The Morgan fingerprint density at radius 1 is 0.939 bits per heavy atom. The lowest BCUT2D eigenvalue weighted by atomic mass is 9.76. The summed E-state index contributed by atoms with van der Waals surface area (Å²) in [6.45, 7) is 2.12. The van der Waals surface area contributed by atoms with Gasteiger partial charge in [0.1, 0.15) is 17.5 Å². The number of rotatable bonds is 5. The summed E-state index contributed by atoms with van der Waals surface area (Å²) >= 11 is 6.08. The van der Waals surface area contributed by atoms with Gasteiger partial charge < -0.3 is 5.32 Å². The van der Waals surface area contributed by atoms with E-state index in [4.69, 9.17) is 11.6 Å². The molecule has 1 aliphatic rings. The number of nitrogens with one attached hydrogen (secondary N) is 1. The van der Waals surface area contributed by atoms with Gasteiger partial charge in [-0.2, -0.15) is 0 Å². The number of benzene rings is 2. The summed E-state index contributed by atoms with van der Waals surface area (Å²) in [6, 6.07) is 11.4. The van der Waals surface area contributed by atoms with Crippen LogP contribution in [0.5, 0.6) is 0 Å². The van der Waals surface area contributed by atoms with Gasteiger partial charge in [-0.05, 0) is 110 Å². The third-order valence-corrected chi connectivity index (χ3v) is 6.89. The summed E-state index contributed by atoms with van der Waals surface area (Å²) in [4.78, 5) is 12.9. The van der Waals surface area contributed by atoms with Gasteiger partial charge in [-0.25, -0.2) is 18.7 Å². The molecule has 0 spiro atoms. The van der Waals surface area contributed by atoms with Crippen molar-refractivity contribution in [3.8, 4) is 0 Å². The van der Waals surface area contributed by atoms with E-state index in [1.807, 2.05) is 12.3 Å². The molecule has 1 fully saturated rings. The minimum atomic E-state index is -0.328. The molecule has 1 N–H and O–H groups in total.